The number of benzene rings is 2. The number of esters is 1. The maximum absolute atomic E-state index is 11.7. The van der Waals surface area contributed by atoms with Crippen molar-refractivity contribution < 1.29 is 19.4 Å². The molecule has 122 valence electrons. The van der Waals surface area contributed by atoms with E-state index in [1.165, 1.54) is 0 Å². The van der Waals surface area contributed by atoms with E-state index in [-0.39, 0.29) is 17.6 Å². The van der Waals surface area contributed by atoms with Crippen molar-refractivity contribution in [1.82, 2.24) is 0 Å². The molecule has 2 rings (SSSR count). The van der Waals surface area contributed by atoms with Gasteiger partial charge in [0.1, 0.15) is 11.5 Å². The van der Waals surface area contributed by atoms with E-state index in [1.54, 1.807) is 19.1 Å². The standard InChI is InChI=1S/C19H22O4/c1-3-22-19(21)14(2)16-6-10-18(11-7-16)23-13-12-15-4-8-17(20)9-5-15/h4-11,14,20H,3,12-13H2,1-2H3. The molecule has 0 aliphatic heterocycles. The Balaban J connectivity index is 1.85. The highest BCUT2D eigenvalue weighted by molar-refractivity contribution is 5.77. The normalized spacial score (nSPS) is 11.7. The summed E-state index contributed by atoms with van der Waals surface area (Å²) < 4.78 is 10.7. The summed E-state index contributed by atoms with van der Waals surface area (Å²) in [5.41, 5.74) is 2.02. The minimum absolute atomic E-state index is 0.214. The largest absolute Gasteiger partial charge is 0.508 e. The van der Waals surface area contributed by atoms with Crippen LogP contribution in [0.2, 0.25) is 0 Å². The predicted molar refractivity (Wildman–Crippen MR) is 88.8 cm³/mol. The smallest absolute Gasteiger partial charge is 0.313 e. The van der Waals surface area contributed by atoms with Gasteiger partial charge in [0, 0.05) is 6.42 Å². The molecule has 4 heteroatoms. The van der Waals surface area contributed by atoms with E-state index in [0.29, 0.717) is 13.2 Å². The van der Waals surface area contributed by atoms with Crippen LogP contribution in [0.25, 0.3) is 0 Å². The summed E-state index contributed by atoms with van der Waals surface area (Å²) in [6.07, 6.45) is 0.765. The molecular weight excluding hydrogens is 292 g/mol. The molecule has 0 heterocycles. The van der Waals surface area contributed by atoms with E-state index < -0.39 is 0 Å². The minimum atomic E-state index is -0.277. The van der Waals surface area contributed by atoms with Crippen molar-refractivity contribution in [1.29, 1.82) is 0 Å². The molecule has 1 N–H and O–H groups in total. The molecule has 0 aliphatic carbocycles. The van der Waals surface area contributed by atoms with Gasteiger partial charge in [-0.05, 0) is 49.2 Å². The Morgan fingerprint density at radius 2 is 1.74 bits per heavy atom. The zero-order valence-electron chi connectivity index (χ0n) is 13.5. The maximum atomic E-state index is 11.7. The number of phenolic OH excluding ortho intramolecular Hbond substituents is 1. The molecule has 2 aromatic rings. The molecular formula is C19H22O4. The summed E-state index contributed by atoms with van der Waals surface area (Å²) in [4.78, 5) is 11.7. The monoisotopic (exact) mass is 314 g/mol. The Kier molecular flexibility index (Phi) is 6.03. The van der Waals surface area contributed by atoms with Crippen LogP contribution in [0.5, 0.6) is 11.5 Å². The summed E-state index contributed by atoms with van der Waals surface area (Å²) in [7, 11) is 0. The first-order chi connectivity index (χ1) is 11.1. The molecule has 0 radical (unpaired) electrons. The minimum Gasteiger partial charge on any atom is -0.508 e. The van der Waals surface area contributed by atoms with Gasteiger partial charge in [0.2, 0.25) is 0 Å². The quantitative estimate of drug-likeness (QED) is 0.792. The van der Waals surface area contributed by atoms with E-state index in [2.05, 4.69) is 0 Å². The van der Waals surface area contributed by atoms with Crippen LogP contribution in [0.1, 0.15) is 30.9 Å². The second-order valence-corrected chi connectivity index (χ2v) is 5.31. The fraction of sp³-hybridized carbons (Fsp3) is 0.316. The molecule has 0 saturated carbocycles. The second-order valence-electron chi connectivity index (χ2n) is 5.31. The van der Waals surface area contributed by atoms with Crippen LogP contribution in [-0.4, -0.2) is 24.3 Å². The third kappa shape index (κ3) is 5.02. The van der Waals surface area contributed by atoms with Crippen LogP contribution in [0.4, 0.5) is 0 Å². The number of hydrogen-bond acceptors (Lipinski definition) is 4. The summed E-state index contributed by atoms with van der Waals surface area (Å²) >= 11 is 0. The van der Waals surface area contributed by atoms with Gasteiger partial charge < -0.3 is 14.6 Å². The second kappa shape index (κ2) is 8.22. The van der Waals surface area contributed by atoms with Crippen LogP contribution in [-0.2, 0) is 16.0 Å². The molecule has 2 aromatic carbocycles. The van der Waals surface area contributed by atoms with Crippen molar-refractivity contribution in [2.75, 3.05) is 13.2 Å². The van der Waals surface area contributed by atoms with Crippen LogP contribution in [0.15, 0.2) is 48.5 Å². The number of phenols is 1. The molecule has 0 amide bonds. The van der Waals surface area contributed by atoms with Crippen molar-refractivity contribution in [3.8, 4) is 11.5 Å². The number of rotatable bonds is 7. The van der Waals surface area contributed by atoms with Gasteiger partial charge in [0.15, 0.2) is 0 Å². The fourth-order valence-corrected chi connectivity index (χ4v) is 2.21. The molecule has 1 unspecified atom stereocenters. The van der Waals surface area contributed by atoms with Gasteiger partial charge in [-0.25, -0.2) is 0 Å². The lowest BCUT2D eigenvalue weighted by molar-refractivity contribution is -0.144. The van der Waals surface area contributed by atoms with E-state index >= 15 is 0 Å². The molecule has 1 atom stereocenters. The van der Waals surface area contributed by atoms with E-state index in [4.69, 9.17) is 9.47 Å². The number of ether oxygens (including phenoxy) is 2. The van der Waals surface area contributed by atoms with Crippen molar-refractivity contribution in [3.05, 3.63) is 59.7 Å². The van der Waals surface area contributed by atoms with Crippen LogP contribution < -0.4 is 4.74 Å². The summed E-state index contributed by atoms with van der Waals surface area (Å²) in [6, 6.07) is 14.6. The average molecular weight is 314 g/mol. The Morgan fingerprint density at radius 3 is 2.35 bits per heavy atom. The van der Waals surface area contributed by atoms with Gasteiger partial charge in [-0.15, -0.1) is 0 Å². The Bertz CT molecular complexity index is 617. The first-order valence-corrected chi connectivity index (χ1v) is 7.77. The number of carbonyl (C=O) groups excluding carboxylic acids is 1. The van der Waals surface area contributed by atoms with Crippen molar-refractivity contribution >= 4 is 5.97 Å². The summed E-state index contributed by atoms with van der Waals surface area (Å²) in [5.74, 6) is 0.541. The molecule has 0 aliphatic rings. The molecule has 0 aromatic heterocycles. The van der Waals surface area contributed by atoms with Crippen molar-refractivity contribution in [2.24, 2.45) is 0 Å². The topological polar surface area (TPSA) is 55.8 Å². The highest BCUT2D eigenvalue weighted by atomic mass is 16.5. The zero-order valence-corrected chi connectivity index (χ0v) is 13.5. The van der Waals surface area contributed by atoms with Crippen LogP contribution in [0, 0.1) is 0 Å². The van der Waals surface area contributed by atoms with Crippen LogP contribution in [0.3, 0.4) is 0 Å². The predicted octanol–water partition coefficient (Wildman–Crippen LogP) is 3.68. The molecule has 23 heavy (non-hydrogen) atoms. The molecule has 4 nitrogen and oxygen atoms in total. The highest BCUT2D eigenvalue weighted by Crippen LogP contribution is 2.20. The Labute approximate surface area is 136 Å². The number of carbonyl (C=O) groups is 1. The van der Waals surface area contributed by atoms with Gasteiger partial charge in [0.25, 0.3) is 0 Å². The van der Waals surface area contributed by atoms with Crippen LogP contribution >= 0.6 is 0 Å². The first-order valence-electron chi connectivity index (χ1n) is 7.77. The Morgan fingerprint density at radius 1 is 1.09 bits per heavy atom. The van der Waals surface area contributed by atoms with E-state index in [9.17, 15) is 9.90 Å². The average Bonchev–Trinajstić information content (AvgIpc) is 2.57. The molecule has 0 fully saturated rings. The first kappa shape index (κ1) is 16.9. The lowest BCUT2D eigenvalue weighted by Gasteiger charge is -2.12. The lowest BCUT2D eigenvalue weighted by Crippen LogP contribution is -2.12. The molecule has 0 spiro atoms. The Hall–Kier alpha value is -2.49. The summed E-state index contributed by atoms with van der Waals surface area (Å²) in [6.45, 7) is 4.58. The van der Waals surface area contributed by atoms with Gasteiger partial charge in [-0.1, -0.05) is 24.3 Å². The highest BCUT2D eigenvalue weighted by Gasteiger charge is 2.15. The van der Waals surface area contributed by atoms with E-state index in [0.717, 1.165) is 23.3 Å². The summed E-state index contributed by atoms with van der Waals surface area (Å²) in [5, 5.41) is 9.24. The SMILES string of the molecule is CCOC(=O)C(C)c1ccc(OCCc2ccc(O)cc2)cc1. The lowest BCUT2D eigenvalue weighted by atomic mass is 10.0. The number of aromatic hydroxyl groups is 1. The van der Waals surface area contributed by atoms with Crippen molar-refractivity contribution in [3.63, 3.8) is 0 Å². The maximum Gasteiger partial charge on any atom is 0.313 e. The third-order valence-electron chi connectivity index (χ3n) is 3.62. The molecule has 0 saturated heterocycles. The van der Waals surface area contributed by atoms with Gasteiger partial charge in [-0.3, -0.25) is 4.79 Å². The third-order valence-corrected chi connectivity index (χ3v) is 3.62. The van der Waals surface area contributed by atoms with Gasteiger partial charge in [-0.2, -0.15) is 0 Å². The van der Waals surface area contributed by atoms with Crippen molar-refractivity contribution in [2.45, 2.75) is 26.2 Å². The zero-order chi connectivity index (χ0) is 16.7. The van der Waals surface area contributed by atoms with E-state index in [1.807, 2.05) is 43.3 Å². The molecule has 0 bridgehead atoms. The van der Waals surface area contributed by atoms with Gasteiger partial charge in [0.05, 0.1) is 19.1 Å². The fourth-order valence-electron chi connectivity index (χ4n) is 2.21. The van der Waals surface area contributed by atoms with Gasteiger partial charge >= 0.3 is 5.97 Å². The number of hydrogen-bond donors (Lipinski definition) is 1.